The summed E-state index contributed by atoms with van der Waals surface area (Å²) in [6, 6.07) is 15.8. The minimum Gasteiger partial charge on any atom is -0.494 e. The van der Waals surface area contributed by atoms with E-state index in [9.17, 15) is 4.79 Å². The molecule has 3 heteroatoms. The van der Waals surface area contributed by atoms with E-state index in [4.69, 9.17) is 9.47 Å². The van der Waals surface area contributed by atoms with Gasteiger partial charge >= 0.3 is 0 Å². The molecule has 3 rings (SSSR count). The van der Waals surface area contributed by atoms with Gasteiger partial charge in [-0.3, -0.25) is 4.79 Å². The Kier molecular flexibility index (Phi) is 6.48. The summed E-state index contributed by atoms with van der Waals surface area (Å²) in [4.78, 5) is 12.9. The van der Waals surface area contributed by atoms with Crippen LogP contribution in [0, 0.1) is 0 Å². The highest BCUT2D eigenvalue weighted by molar-refractivity contribution is 6.13. The summed E-state index contributed by atoms with van der Waals surface area (Å²) in [6.07, 6.45) is 6.66. The van der Waals surface area contributed by atoms with Crippen LogP contribution >= 0.6 is 0 Å². The lowest BCUT2D eigenvalue weighted by Crippen LogP contribution is -2.12. The van der Waals surface area contributed by atoms with Crippen molar-refractivity contribution in [2.24, 2.45) is 0 Å². The second-order valence-corrected chi connectivity index (χ2v) is 6.53. The molecule has 0 aromatic heterocycles. The molecule has 2 aromatic rings. The number of ketones is 1. The molecule has 3 nitrogen and oxygen atoms in total. The topological polar surface area (TPSA) is 35.5 Å². The zero-order valence-electron chi connectivity index (χ0n) is 16.0. The Morgan fingerprint density at radius 1 is 0.741 bits per heavy atom. The molecule has 0 atom stereocenters. The van der Waals surface area contributed by atoms with E-state index in [1.807, 2.05) is 74.5 Å². The summed E-state index contributed by atoms with van der Waals surface area (Å²) in [6.45, 7) is 5.24. The lowest BCUT2D eigenvalue weighted by molar-refractivity contribution is -0.112. The molecular weight excluding hydrogens is 336 g/mol. The smallest absolute Gasteiger partial charge is 0.185 e. The average Bonchev–Trinajstić information content (AvgIpc) is 2.68. The van der Waals surface area contributed by atoms with Gasteiger partial charge in [0, 0.05) is 11.1 Å². The van der Waals surface area contributed by atoms with Crippen LogP contribution in [-0.2, 0) is 4.79 Å². The molecule has 0 radical (unpaired) electrons. The van der Waals surface area contributed by atoms with Crippen molar-refractivity contribution in [2.75, 3.05) is 13.2 Å². The second kappa shape index (κ2) is 9.22. The molecule has 1 saturated carbocycles. The fraction of sp³-hybridized carbons (Fsp3) is 0.292. The van der Waals surface area contributed by atoms with Gasteiger partial charge in [0.1, 0.15) is 11.5 Å². The Morgan fingerprint density at radius 3 is 1.52 bits per heavy atom. The van der Waals surface area contributed by atoms with E-state index in [1.54, 1.807) is 0 Å². The van der Waals surface area contributed by atoms with E-state index in [1.165, 1.54) is 0 Å². The predicted molar refractivity (Wildman–Crippen MR) is 110 cm³/mol. The van der Waals surface area contributed by atoms with Crippen molar-refractivity contribution in [3.05, 3.63) is 70.8 Å². The van der Waals surface area contributed by atoms with Gasteiger partial charge in [-0.2, -0.15) is 0 Å². The van der Waals surface area contributed by atoms with Crippen LogP contribution in [0.1, 0.15) is 44.2 Å². The van der Waals surface area contributed by atoms with E-state index in [2.05, 4.69) is 0 Å². The molecule has 27 heavy (non-hydrogen) atoms. The minimum atomic E-state index is 0.156. The Labute approximate surface area is 161 Å². The van der Waals surface area contributed by atoms with Crippen LogP contribution in [-0.4, -0.2) is 19.0 Å². The number of allylic oxidation sites excluding steroid dienone is 2. The maximum atomic E-state index is 12.9. The number of Topliss-reactive ketones (excluding diaryl/α,β-unsaturated/α-hetero) is 1. The van der Waals surface area contributed by atoms with Crippen molar-refractivity contribution in [2.45, 2.75) is 33.1 Å². The van der Waals surface area contributed by atoms with Crippen LogP contribution in [0.4, 0.5) is 0 Å². The number of hydrogen-bond acceptors (Lipinski definition) is 3. The Morgan fingerprint density at radius 2 is 1.15 bits per heavy atom. The molecule has 0 bridgehead atoms. The number of benzene rings is 2. The number of ether oxygens (including phenoxy) is 2. The van der Waals surface area contributed by atoms with Gasteiger partial charge in [-0.25, -0.2) is 0 Å². The summed E-state index contributed by atoms with van der Waals surface area (Å²) in [7, 11) is 0. The first-order valence-corrected chi connectivity index (χ1v) is 9.61. The fourth-order valence-corrected chi connectivity index (χ4v) is 3.23. The number of carbonyl (C=O) groups is 1. The lowest BCUT2D eigenvalue weighted by atomic mass is 9.87. The Hall–Kier alpha value is -2.81. The maximum absolute atomic E-state index is 12.9. The molecular formula is C24H26O3. The van der Waals surface area contributed by atoms with Gasteiger partial charge in [-0.1, -0.05) is 24.3 Å². The van der Waals surface area contributed by atoms with E-state index in [0.717, 1.165) is 53.0 Å². The fourth-order valence-electron chi connectivity index (χ4n) is 3.23. The van der Waals surface area contributed by atoms with Gasteiger partial charge < -0.3 is 9.47 Å². The van der Waals surface area contributed by atoms with E-state index in [-0.39, 0.29) is 5.78 Å². The van der Waals surface area contributed by atoms with Gasteiger partial charge in [0.15, 0.2) is 5.78 Å². The van der Waals surface area contributed by atoms with Crippen LogP contribution in [0.2, 0.25) is 0 Å². The molecule has 0 aliphatic heterocycles. The third-order valence-corrected chi connectivity index (χ3v) is 4.54. The van der Waals surface area contributed by atoms with E-state index < -0.39 is 0 Å². The number of hydrogen-bond donors (Lipinski definition) is 0. The normalized spacial score (nSPS) is 17.3. The molecule has 1 fully saturated rings. The summed E-state index contributed by atoms with van der Waals surface area (Å²) in [5, 5.41) is 0. The van der Waals surface area contributed by atoms with Gasteiger partial charge in [0.25, 0.3) is 0 Å². The van der Waals surface area contributed by atoms with Gasteiger partial charge in [-0.05, 0) is 80.7 Å². The summed E-state index contributed by atoms with van der Waals surface area (Å²) >= 11 is 0. The second-order valence-electron chi connectivity index (χ2n) is 6.53. The summed E-state index contributed by atoms with van der Waals surface area (Å²) in [5.74, 6) is 1.86. The zero-order valence-corrected chi connectivity index (χ0v) is 16.0. The van der Waals surface area contributed by atoms with Crippen molar-refractivity contribution in [3.63, 3.8) is 0 Å². The van der Waals surface area contributed by atoms with Crippen LogP contribution in [0.15, 0.2) is 59.7 Å². The van der Waals surface area contributed by atoms with Crippen molar-refractivity contribution in [3.8, 4) is 11.5 Å². The molecule has 1 aliphatic rings. The molecule has 0 unspecified atom stereocenters. The molecule has 1 aliphatic carbocycles. The highest BCUT2D eigenvalue weighted by Crippen LogP contribution is 2.28. The van der Waals surface area contributed by atoms with Gasteiger partial charge in [-0.15, -0.1) is 0 Å². The summed E-state index contributed by atoms with van der Waals surface area (Å²) < 4.78 is 10.9. The van der Waals surface area contributed by atoms with Crippen LogP contribution in [0.5, 0.6) is 11.5 Å². The number of rotatable bonds is 6. The predicted octanol–water partition coefficient (Wildman–Crippen LogP) is 5.70. The standard InChI is InChI=1S/C24H26O3/c1-3-26-22-12-8-18(9-13-22)16-20-6-5-7-21(24(20)25)17-19-10-14-23(15-11-19)27-4-2/h8-17H,3-7H2,1-2H3/b20-16-,21-17+. The molecule has 140 valence electrons. The molecule has 0 spiro atoms. The minimum absolute atomic E-state index is 0.156. The van der Waals surface area contributed by atoms with Crippen molar-refractivity contribution < 1.29 is 14.3 Å². The third-order valence-electron chi connectivity index (χ3n) is 4.54. The zero-order chi connectivity index (χ0) is 19.1. The molecule has 0 amide bonds. The maximum Gasteiger partial charge on any atom is 0.185 e. The molecule has 0 N–H and O–H groups in total. The SMILES string of the molecule is CCOc1ccc(/C=C2/CCC/C(=C\c3ccc(OCC)cc3)C2=O)cc1. The van der Waals surface area contributed by atoms with E-state index in [0.29, 0.717) is 13.2 Å². The van der Waals surface area contributed by atoms with Gasteiger partial charge in [0.2, 0.25) is 0 Å². The third kappa shape index (κ3) is 5.10. The summed E-state index contributed by atoms with van der Waals surface area (Å²) in [5.41, 5.74) is 3.82. The van der Waals surface area contributed by atoms with Gasteiger partial charge in [0.05, 0.1) is 13.2 Å². The lowest BCUT2D eigenvalue weighted by Gasteiger charge is -2.16. The Balaban J connectivity index is 1.76. The Bertz CT molecular complexity index is 757. The van der Waals surface area contributed by atoms with Crippen LogP contribution in [0.3, 0.4) is 0 Å². The molecule has 2 aromatic carbocycles. The first-order valence-electron chi connectivity index (χ1n) is 9.61. The van der Waals surface area contributed by atoms with Crippen molar-refractivity contribution in [1.29, 1.82) is 0 Å². The average molecular weight is 362 g/mol. The number of carbonyl (C=O) groups excluding carboxylic acids is 1. The first-order chi connectivity index (χ1) is 13.2. The molecule has 0 saturated heterocycles. The highest BCUT2D eigenvalue weighted by atomic mass is 16.5. The molecule has 0 heterocycles. The monoisotopic (exact) mass is 362 g/mol. The largest absolute Gasteiger partial charge is 0.494 e. The van der Waals surface area contributed by atoms with E-state index >= 15 is 0 Å². The highest BCUT2D eigenvalue weighted by Gasteiger charge is 2.20. The van der Waals surface area contributed by atoms with Crippen molar-refractivity contribution in [1.82, 2.24) is 0 Å². The quantitative estimate of drug-likeness (QED) is 0.618. The van der Waals surface area contributed by atoms with Crippen LogP contribution in [0.25, 0.3) is 12.2 Å². The first kappa shape index (κ1) is 19.0. The van der Waals surface area contributed by atoms with Crippen molar-refractivity contribution >= 4 is 17.9 Å². The van der Waals surface area contributed by atoms with Crippen LogP contribution < -0.4 is 9.47 Å².